The molecule has 0 spiro atoms. The standard InChI is InChI=1S/C50H34N2.C46H30N2O.C44H30N2/c1-3-12-35(13-4-1)36-22-28-41(29-23-36)51(42-30-24-38(25-31-42)45-20-11-15-37-14-7-8-18-44(37)45)43-32-26-39-27-33-47-46-19-9-10-21-49(46)52(50(47)48(39)34-43)40-16-5-2-6-17-40;1-3-11-31(12-4-1)32-19-23-35(24-20-32)47(37-26-28-40-39-16-8-10-18-44(39)49-45(40)30-37)36-25-21-33-22-27-41-38-15-7-9-17-43(38)48(46(41)42(33)29-36)34-13-5-2-6-14-34;1-3-14-34(15-4-1)45(36-26-22-32(23-27-36)39-20-11-13-31-12-7-8-18-38(31)39)37-28-24-33-25-29-41-40-19-9-10-21-43(40)46(44(41)42(33)30-37)35-16-5-2-6-17-35/h1-34H;1-30H;1-30H. The fourth-order valence-corrected chi connectivity index (χ4v) is 22.4. The van der Waals surface area contributed by atoms with Crippen LogP contribution in [-0.2, 0) is 0 Å². The summed E-state index contributed by atoms with van der Waals surface area (Å²) >= 11 is 0. The smallest absolute Gasteiger partial charge is 0.137 e. The Hall–Kier alpha value is -19.6. The average Bonchev–Trinajstić information content (AvgIpc) is 1.58. The van der Waals surface area contributed by atoms with Crippen molar-refractivity contribution in [2.75, 3.05) is 14.7 Å². The van der Waals surface area contributed by atoms with Crippen molar-refractivity contribution in [2.24, 2.45) is 0 Å². The first-order valence-corrected chi connectivity index (χ1v) is 50.3. The molecule has 690 valence electrons. The predicted molar refractivity (Wildman–Crippen MR) is 623 cm³/mol. The Morgan fingerprint density at radius 1 is 0.136 bits per heavy atom. The third-order valence-corrected chi connectivity index (χ3v) is 29.3. The molecule has 0 saturated heterocycles. The van der Waals surface area contributed by atoms with Gasteiger partial charge in [-0.25, -0.2) is 0 Å². The van der Waals surface area contributed by atoms with Crippen molar-refractivity contribution in [3.05, 3.63) is 570 Å². The number of rotatable bonds is 16. The van der Waals surface area contributed by atoms with E-state index in [1.54, 1.807) is 0 Å². The molecule has 0 N–H and O–H groups in total. The summed E-state index contributed by atoms with van der Waals surface area (Å²) in [7, 11) is 0. The van der Waals surface area contributed by atoms with Crippen LogP contribution in [0.1, 0.15) is 0 Å². The lowest BCUT2D eigenvalue weighted by Gasteiger charge is -2.26. The second kappa shape index (κ2) is 37.1. The summed E-state index contributed by atoms with van der Waals surface area (Å²) in [5.74, 6) is 0. The number of fused-ring (bicyclic) bond motifs is 20. The molecule has 0 fully saturated rings. The molecule has 7 nitrogen and oxygen atoms in total. The van der Waals surface area contributed by atoms with E-state index in [0.29, 0.717) is 0 Å². The van der Waals surface area contributed by atoms with Gasteiger partial charge in [-0.1, -0.05) is 394 Å². The maximum atomic E-state index is 6.39. The van der Waals surface area contributed by atoms with Gasteiger partial charge in [0.05, 0.1) is 33.1 Å². The molecule has 0 saturated carbocycles. The van der Waals surface area contributed by atoms with Gasteiger partial charge in [-0.3, -0.25) is 0 Å². The second-order valence-corrected chi connectivity index (χ2v) is 37.8. The van der Waals surface area contributed by atoms with E-state index in [4.69, 9.17) is 4.42 Å². The van der Waals surface area contributed by atoms with Gasteiger partial charge in [0.2, 0.25) is 0 Å². The molecule has 25 aromatic carbocycles. The minimum absolute atomic E-state index is 0.872. The van der Waals surface area contributed by atoms with E-state index in [9.17, 15) is 0 Å². The number of hydrogen-bond acceptors (Lipinski definition) is 4. The first-order valence-electron chi connectivity index (χ1n) is 50.3. The van der Waals surface area contributed by atoms with Gasteiger partial charge in [0.1, 0.15) is 11.2 Å². The Morgan fingerprint density at radius 3 is 0.762 bits per heavy atom. The molecule has 4 heterocycles. The van der Waals surface area contributed by atoms with Gasteiger partial charge in [-0.2, -0.15) is 0 Å². The van der Waals surface area contributed by atoms with Crippen molar-refractivity contribution in [1.82, 2.24) is 13.7 Å². The quantitative estimate of drug-likeness (QED) is 0.0966. The van der Waals surface area contributed by atoms with E-state index in [-0.39, 0.29) is 0 Å². The van der Waals surface area contributed by atoms with Crippen LogP contribution in [-0.4, -0.2) is 13.7 Å². The Bertz CT molecular complexity index is 10000. The maximum Gasteiger partial charge on any atom is 0.137 e. The molecule has 7 heteroatoms. The lowest BCUT2D eigenvalue weighted by Crippen LogP contribution is -2.10. The van der Waals surface area contributed by atoms with Gasteiger partial charge in [-0.15, -0.1) is 0 Å². The zero-order valence-electron chi connectivity index (χ0n) is 80.4. The fourth-order valence-electron chi connectivity index (χ4n) is 22.4. The van der Waals surface area contributed by atoms with Crippen LogP contribution in [0, 0.1) is 0 Å². The monoisotopic (exact) mass is 1870 g/mol. The lowest BCUT2D eigenvalue weighted by molar-refractivity contribution is 0.669. The lowest BCUT2D eigenvalue weighted by atomic mass is 9.98. The third-order valence-electron chi connectivity index (χ3n) is 29.3. The highest BCUT2D eigenvalue weighted by Gasteiger charge is 2.26. The fraction of sp³-hybridized carbons (Fsp3) is 0. The topological polar surface area (TPSA) is 37.6 Å². The molecule has 29 aromatic rings. The van der Waals surface area contributed by atoms with Crippen molar-refractivity contribution < 1.29 is 4.42 Å². The van der Waals surface area contributed by atoms with Crippen molar-refractivity contribution in [2.45, 2.75) is 0 Å². The minimum Gasteiger partial charge on any atom is -0.456 e. The van der Waals surface area contributed by atoms with Gasteiger partial charge in [0, 0.05) is 134 Å². The van der Waals surface area contributed by atoms with Crippen molar-refractivity contribution in [3.63, 3.8) is 0 Å². The summed E-state index contributed by atoms with van der Waals surface area (Å²) in [4.78, 5) is 7.09. The molecule has 4 aromatic heterocycles. The van der Waals surface area contributed by atoms with Crippen LogP contribution >= 0.6 is 0 Å². The maximum absolute atomic E-state index is 6.39. The zero-order chi connectivity index (χ0) is 97.2. The Morgan fingerprint density at radius 2 is 0.381 bits per heavy atom. The zero-order valence-corrected chi connectivity index (χ0v) is 80.4. The van der Waals surface area contributed by atoms with Crippen LogP contribution in [0.15, 0.2) is 575 Å². The van der Waals surface area contributed by atoms with Gasteiger partial charge in [-0.05, 0) is 252 Å². The first-order chi connectivity index (χ1) is 72.9. The summed E-state index contributed by atoms with van der Waals surface area (Å²) < 4.78 is 13.6. The summed E-state index contributed by atoms with van der Waals surface area (Å²) in [5, 5.41) is 22.1. The van der Waals surface area contributed by atoms with Crippen LogP contribution in [0.2, 0.25) is 0 Å². The summed E-state index contributed by atoms with van der Waals surface area (Å²) in [6, 6.07) is 205. The second-order valence-electron chi connectivity index (χ2n) is 37.8. The molecule has 0 atom stereocenters. The van der Waals surface area contributed by atoms with E-state index < -0.39 is 0 Å². The Labute approximate surface area is 850 Å². The molecule has 147 heavy (non-hydrogen) atoms. The minimum atomic E-state index is 0.872. The average molecular weight is 1880 g/mol. The highest BCUT2D eigenvalue weighted by atomic mass is 16.3. The summed E-state index contributed by atoms with van der Waals surface area (Å²) in [5.41, 5.74) is 32.1. The molecule has 0 unspecified atom stereocenters. The predicted octanol–water partition coefficient (Wildman–Crippen LogP) is 39.1. The molecule has 29 rings (SSSR count). The number of aromatic nitrogens is 3. The number of para-hydroxylation sites is 8. The highest BCUT2D eigenvalue weighted by Crippen LogP contribution is 2.49. The highest BCUT2D eigenvalue weighted by molar-refractivity contribution is 6.23. The molecule has 0 aliphatic carbocycles. The van der Waals surface area contributed by atoms with Crippen molar-refractivity contribution in [1.29, 1.82) is 0 Å². The normalized spacial score (nSPS) is 11.5. The SMILES string of the molecule is c1ccc(-c2ccc(N(c3ccc(-c4cccc5ccccc45)cc3)c3ccc4ccc5c6ccccc6n(-c6ccccc6)c5c4c3)cc2)cc1.c1ccc(-c2ccc(N(c3ccc4c(c3)oc3ccccc34)c3ccc4ccc5c6ccccc6n(-c6ccccc6)c5c4c3)cc2)cc1.c1ccc(N(c2ccc(-c3cccc4ccccc34)cc2)c2ccc3ccc4c5ccccc5n(-c5ccccc5)c4c3c2)cc1. The van der Waals surface area contributed by atoms with Crippen LogP contribution in [0.25, 0.3) is 203 Å². The van der Waals surface area contributed by atoms with Crippen molar-refractivity contribution >= 4 is 192 Å². The number of benzene rings is 25. The van der Waals surface area contributed by atoms with E-state index in [0.717, 1.165) is 90.2 Å². The molecular formula is C140H94N6O. The molecular weight excluding hydrogens is 1780 g/mol. The van der Waals surface area contributed by atoms with Gasteiger partial charge < -0.3 is 32.8 Å². The Balaban J connectivity index is 0.000000109. The van der Waals surface area contributed by atoms with E-state index in [1.807, 2.05) is 12.1 Å². The van der Waals surface area contributed by atoms with E-state index >= 15 is 0 Å². The van der Waals surface area contributed by atoms with Gasteiger partial charge in [0.15, 0.2) is 0 Å². The first kappa shape index (κ1) is 86.5. The molecule has 0 radical (unpaired) electrons. The van der Waals surface area contributed by atoms with E-state index in [1.165, 1.54) is 164 Å². The summed E-state index contributed by atoms with van der Waals surface area (Å²) in [6.07, 6.45) is 0. The van der Waals surface area contributed by atoms with E-state index in [2.05, 4.69) is 587 Å². The molecule has 0 amide bonds. The van der Waals surface area contributed by atoms with Crippen LogP contribution in [0.4, 0.5) is 51.2 Å². The number of nitrogens with zero attached hydrogens (tertiary/aromatic N) is 6. The summed E-state index contributed by atoms with van der Waals surface area (Å²) in [6.45, 7) is 0. The largest absolute Gasteiger partial charge is 0.456 e. The number of hydrogen-bond donors (Lipinski definition) is 0. The molecule has 0 aliphatic heterocycles. The van der Waals surface area contributed by atoms with Gasteiger partial charge >= 0.3 is 0 Å². The van der Waals surface area contributed by atoms with Gasteiger partial charge in [0.25, 0.3) is 0 Å². The molecule has 0 bridgehead atoms. The number of furan rings is 1. The number of anilines is 9. The molecule has 0 aliphatic rings. The van der Waals surface area contributed by atoms with Crippen molar-refractivity contribution in [3.8, 4) is 61.6 Å². The van der Waals surface area contributed by atoms with Crippen LogP contribution in [0.3, 0.4) is 0 Å². The third kappa shape index (κ3) is 15.7. The van der Waals surface area contributed by atoms with Crippen LogP contribution < -0.4 is 14.7 Å². The van der Waals surface area contributed by atoms with Crippen LogP contribution in [0.5, 0.6) is 0 Å². The Kier molecular flexibility index (Phi) is 21.8.